The van der Waals surface area contributed by atoms with Crippen LogP contribution in [0.15, 0.2) is 42.5 Å². The van der Waals surface area contributed by atoms with E-state index in [1.807, 2.05) is 5.43 Å². The molecule has 6 heteroatoms. The molecule has 0 aliphatic rings. The molecule has 0 fully saturated rings. The molecule has 0 saturated heterocycles. The van der Waals surface area contributed by atoms with Crippen molar-refractivity contribution < 1.29 is 13.9 Å². The number of ether oxygens (including phenoxy) is 1. The highest BCUT2D eigenvalue weighted by atomic mass is 35.5. The van der Waals surface area contributed by atoms with Crippen LogP contribution >= 0.6 is 11.6 Å². The van der Waals surface area contributed by atoms with Crippen molar-refractivity contribution in [2.45, 2.75) is 6.61 Å². The van der Waals surface area contributed by atoms with Crippen LogP contribution in [0.1, 0.15) is 15.9 Å². The summed E-state index contributed by atoms with van der Waals surface area (Å²) in [6, 6.07) is 10.9. The number of hydrogen-bond donors (Lipinski definition) is 2. The van der Waals surface area contributed by atoms with Crippen LogP contribution in [0.25, 0.3) is 0 Å². The van der Waals surface area contributed by atoms with Gasteiger partial charge in [0.1, 0.15) is 6.61 Å². The lowest BCUT2D eigenvalue weighted by Gasteiger charge is -2.09. The largest absolute Gasteiger partial charge is 0.484 e. The lowest BCUT2D eigenvalue weighted by atomic mass is 10.1. The Morgan fingerprint density at radius 1 is 1.25 bits per heavy atom. The lowest BCUT2D eigenvalue weighted by Crippen LogP contribution is -2.29. The highest BCUT2D eigenvalue weighted by Crippen LogP contribution is 2.27. The molecule has 2 aromatic rings. The van der Waals surface area contributed by atoms with Gasteiger partial charge < -0.3 is 4.74 Å². The van der Waals surface area contributed by atoms with Gasteiger partial charge in [0.25, 0.3) is 5.91 Å². The first-order chi connectivity index (χ1) is 9.61. The van der Waals surface area contributed by atoms with Crippen molar-refractivity contribution >= 4 is 17.5 Å². The van der Waals surface area contributed by atoms with E-state index in [-0.39, 0.29) is 23.3 Å². The molecule has 2 aromatic carbocycles. The number of nitrogens with one attached hydrogen (secondary N) is 1. The summed E-state index contributed by atoms with van der Waals surface area (Å²) in [6.07, 6.45) is 0. The van der Waals surface area contributed by atoms with Crippen molar-refractivity contribution in [1.82, 2.24) is 5.43 Å². The van der Waals surface area contributed by atoms with Gasteiger partial charge >= 0.3 is 0 Å². The van der Waals surface area contributed by atoms with E-state index in [0.717, 1.165) is 5.56 Å². The molecule has 0 aliphatic heterocycles. The summed E-state index contributed by atoms with van der Waals surface area (Å²) < 4.78 is 18.8. The molecule has 0 radical (unpaired) electrons. The van der Waals surface area contributed by atoms with Crippen LogP contribution in [-0.4, -0.2) is 5.91 Å². The number of rotatable bonds is 4. The molecule has 0 atom stereocenters. The first-order valence-electron chi connectivity index (χ1n) is 5.78. The van der Waals surface area contributed by atoms with E-state index < -0.39 is 5.82 Å². The zero-order valence-corrected chi connectivity index (χ0v) is 11.2. The third-order valence-corrected chi connectivity index (χ3v) is 2.95. The summed E-state index contributed by atoms with van der Waals surface area (Å²) in [4.78, 5) is 11.3. The molecular weight excluding hydrogens is 283 g/mol. The molecule has 0 aliphatic carbocycles. The van der Waals surface area contributed by atoms with Gasteiger partial charge in [-0.2, -0.15) is 0 Å². The van der Waals surface area contributed by atoms with E-state index >= 15 is 0 Å². The normalized spacial score (nSPS) is 10.2. The summed E-state index contributed by atoms with van der Waals surface area (Å²) in [5, 5.41) is 0.212. The van der Waals surface area contributed by atoms with Gasteiger partial charge in [0.15, 0.2) is 11.6 Å². The molecule has 0 aromatic heterocycles. The Morgan fingerprint density at radius 3 is 2.55 bits per heavy atom. The van der Waals surface area contributed by atoms with Crippen molar-refractivity contribution in [3.05, 3.63) is 64.4 Å². The summed E-state index contributed by atoms with van der Waals surface area (Å²) in [5.41, 5.74) is 3.24. The van der Waals surface area contributed by atoms with Gasteiger partial charge in [-0.1, -0.05) is 29.8 Å². The molecule has 0 saturated carbocycles. The van der Waals surface area contributed by atoms with Crippen LogP contribution < -0.4 is 16.0 Å². The number of hydrogen-bond acceptors (Lipinski definition) is 3. The molecule has 3 N–H and O–H groups in total. The van der Waals surface area contributed by atoms with Crippen LogP contribution in [0.4, 0.5) is 4.39 Å². The van der Waals surface area contributed by atoms with E-state index in [0.29, 0.717) is 5.56 Å². The molecule has 104 valence electrons. The van der Waals surface area contributed by atoms with Gasteiger partial charge in [-0.25, -0.2) is 10.2 Å². The smallest absolute Gasteiger partial charge is 0.265 e. The number of amides is 1. The van der Waals surface area contributed by atoms with Crippen LogP contribution in [0.2, 0.25) is 5.02 Å². The summed E-state index contributed by atoms with van der Waals surface area (Å²) in [5.74, 6) is 4.14. The van der Waals surface area contributed by atoms with Gasteiger partial charge in [-0.3, -0.25) is 10.2 Å². The van der Waals surface area contributed by atoms with Crippen molar-refractivity contribution in [1.29, 1.82) is 0 Å². The van der Waals surface area contributed by atoms with E-state index in [9.17, 15) is 9.18 Å². The zero-order chi connectivity index (χ0) is 14.5. The standard InChI is InChI=1S/C14H12ClFN2O2/c15-11-2-1-3-12(16)13(11)20-8-9-4-6-10(7-5-9)14(19)18-17/h1-7H,8,17H2,(H,18,19). The van der Waals surface area contributed by atoms with Crippen molar-refractivity contribution in [3.63, 3.8) is 0 Å². The Labute approximate surface area is 120 Å². The molecule has 20 heavy (non-hydrogen) atoms. The molecule has 0 bridgehead atoms. The molecule has 1 amide bonds. The van der Waals surface area contributed by atoms with Crippen LogP contribution in [-0.2, 0) is 6.61 Å². The highest BCUT2D eigenvalue weighted by Gasteiger charge is 2.08. The van der Waals surface area contributed by atoms with E-state index in [1.54, 1.807) is 30.3 Å². The second kappa shape index (κ2) is 6.36. The quantitative estimate of drug-likeness (QED) is 0.518. The minimum atomic E-state index is -0.517. The third-order valence-electron chi connectivity index (χ3n) is 2.65. The highest BCUT2D eigenvalue weighted by molar-refractivity contribution is 6.32. The number of nitrogen functional groups attached to an aromatic ring is 1. The SMILES string of the molecule is NNC(=O)c1ccc(COc2c(F)cccc2Cl)cc1. The minimum Gasteiger partial charge on any atom is -0.484 e. The summed E-state index contributed by atoms with van der Waals surface area (Å²) >= 11 is 5.85. The predicted octanol–water partition coefficient (Wildman–Crippen LogP) is 2.66. The number of carbonyl (C=O) groups excluding carboxylic acids is 1. The third kappa shape index (κ3) is 3.26. The second-order valence-corrected chi connectivity index (χ2v) is 4.42. The molecule has 4 nitrogen and oxygen atoms in total. The van der Waals surface area contributed by atoms with Crippen LogP contribution in [0, 0.1) is 5.82 Å². The molecule has 0 heterocycles. The molecule has 0 unspecified atom stereocenters. The van der Waals surface area contributed by atoms with Gasteiger partial charge in [0.05, 0.1) is 5.02 Å². The first-order valence-corrected chi connectivity index (χ1v) is 6.16. The monoisotopic (exact) mass is 294 g/mol. The molecular formula is C14H12ClFN2O2. The Hall–Kier alpha value is -2.11. The minimum absolute atomic E-state index is 0.0120. The average Bonchev–Trinajstić information content (AvgIpc) is 2.46. The number of hydrazine groups is 1. The molecule has 0 spiro atoms. The van der Waals surface area contributed by atoms with Gasteiger partial charge in [-0.15, -0.1) is 0 Å². The maximum Gasteiger partial charge on any atom is 0.265 e. The fourth-order valence-electron chi connectivity index (χ4n) is 1.61. The number of nitrogens with two attached hydrogens (primary N) is 1. The zero-order valence-electron chi connectivity index (χ0n) is 10.4. The van der Waals surface area contributed by atoms with Crippen LogP contribution in [0.3, 0.4) is 0 Å². The van der Waals surface area contributed by atoms with E-state index in [2.05, 4.69) is 0 Å². The molecule has 2 rings (SSSR count). The number of carbonyl (C=O) groups is 1. The van der Waals surface area contributed by atoms with Crippen molar-refractivity contribution in [2.75, 3.05) is 0 Å². The number of para-hydroxylation sites is 1. The number of halogens is 2. The van der Waals surface area contributed by atoms with Gasteiger partial charge in [0.2, 0.25) is 0 Å². The first kappa shape index (κ1) is 14.3. The van der Waals surface area contributed by atoms with Crippen molar-refractivity contribution in [3.8, 4) is 5.75 Å². The second-order valence-electron chi connectivity index (χ2n) is 4.01. The Morgan fingerprint density at radius 2 is 1.95 bits per heavy atom. The Kier molecular flexibility index (Phi) is 4.55. The van der Waals surface area contributed by atoms with Gasteiger partial charge in [-0.05, 0) is 29.8 Å². The van der Waals surface area contributed by atoms with E-state index in [1.165, 1.54) is 12.1 Å². The predicted molar refractivity (Wildman–Crippen MR) is 73.8 cm³/mol. The lowest BCUT2D eigenvalue weighted by molar-refractivity contribution is 0.0953. The van der Waals surface area contributed by atoms with Crippen LogP contribution in [0.5, 0.6) is 5.75 Å². The van der Waals surface area contributed by atoms with Gasteiger partial charge in [0, 0.05) is 5.56 Å². The fourth-order valence-corrected chi connectivity index (χ4v) is 1.83. The fraction of sp³-hybridized carbons (Fsp3) is 0.0714. The number of benzene rings is 2. The topological polar surface area (TPSA) is 64.3 Å². The summed E-state index contributed by atoms with van der Waals surface area (Å²) in [7, 11) is 0. The average molecular weight is 295 g/mol. The van der Waals surface area contributed by atoms with E-state index in [4.69, 9.17) is 22.2 Å². The Bertz CT molecular complexity index is 597. The summed E-state index contributed by atoms with van der Waals surface area (Å²) in [6.45, 7) is 0.144. The maximum atomic E-state index is 13.5. The Balaban J connectivity index is 2.06. The van der Waals surface area contributed by atoms with Crippen molar-refractivity contribution in [2.24, 2.45) is 5.84 Å². The maximum absolute atomic E-state index is 13.5.